The Balaban J connectivity index is 1.48. The monoisotopic (exact) mass is 438 g/mol. The number of rotatable bonds is 10. The molecule has 164 valence electrons. The van der Waals surface area contributed by atoms with Gasteiger partial charge in [0.1, 0.15) is 37.1 Å². The Labute approximate surface area is 183 Å². The summed E-state index contributed by atoms with van der Waals surface area (Å²) in [6.07, 6.45) is 0. The lowest BCUT2D eigenvalue weighted by molar-refractivity contribution is -0.131. The minimum atomic E-state index is -1.52. The Hall–Kier alpha value is -4.20. The molecule has 7 nitrogen and oxygen atoms in total. The lowest BCUT2D eigenvalue weighted by atomic mass is 10.1. The van der Waals surface area contributed by atoms with Gasteiger partial charge >= 0.3 is 11.9 Å². The average Bonchev–Trinajstić information content (AvgIpc) is 2.81. The number of esters is 1. The van der Waals surface area contributed by atoms with Gasteiger partial charge in [0.05, 0.1) is 5.56 Å². The van der Waals surface area contributed by atoms with Crippen LogP contribution in [0.3, 0.4) is 0 Å². The van der Waals surface area contributed by atoms with Crippen LogP contribution in [-0.2, 0) is 16.1 Å². The number of ketones is 1. The molecule has 0 atom stereocenters. The Bertz CT molecular complexity index is 1090. The van der Waals surface area contributed by atoms with E-state index in [9.17, 15) is 18.8 Å². The van der Waals surface area contributed by atoms with E-state index >= 15 is 0 Å². The van der Waals surface area contributed by atoms with Gasteiger partial charge < -0.3 is 19.3 Å². The quantitative estimate of drug-likeness (QED) is 0.222. The van der Waals surface area contributed by atoms with Crippen LogP contribution in [0, 0.1) is 5.82 Å². The van der Waals surface area contributed by atoms with Gasteiger partial charge in [-0.2, -0.15) is 0 Å². The van der Waals surface area contributed by atoms with E-state index in [2.05, 4.69) is 0 Å². The number of para-hydroxylation sites is 1. The van der Waals surface area contributed by atoms with Gasteiger partial charge in [-0.15, -0.1) is 0 Å². The summed E-state index contributed by atoms with van der Waals surface area (Å²) in [6, 6.07) is 17.9. The number of Topliss-reactive ketones (excluding diaryl/α,β-unsaturated/α-hetero) is 1. The summed E-state index contributed by atoms with van der Waals surface area (Å²) in [5.74, 6) is -2.55. The molecule has 0 radical (unpaired) electrons. The molecule has 0 saturated carbocycles. The molecule has 1 N–H and O–H groups in total. The van der Waals surface area contributed by atoms with Crippen molar-refractivity contribution in [3.05, 3.63) is 95.3 Å². The number of aliphatic carboxylic acids is 1. The third-order valence-electron chi connectivity index (χ3n) is 4.33. The number of carbonyl (C=O) groups excluding carboxylic acids is 2. The summed E-state index contributed by atoms with van der Waals surface area (Å²) in [6.45, 7) is 0.362. The number of hydrogen-bond donors (Lipinski definition) is 1. The topological polar surface area (TPSA) is 99.1 Å². The second-order valence-corrected chi connectivity index (χ2v) is 6.55. The van der Waals surface area contributed by atoms with Crippen LogP contribution in [0.2, 0.25) is 0 Å². The van der Waals surface area contributed by atoms with Crippen molar-refractivity contribution in [2.45, 2.75) is 6.61 Å². The number of hydrogen-bond acceptors (Lipinski definition) is 6. The third-order valence-corrected chi connectivity index (χ3v) is 4.33. The molecule has 0 aliphatic heterocycles. The molecule has 0 unspecified atom stereocenters. The smallest absolute Gasteiger partial charge is 0.377 e. The largest absolute Gasteiger partial charge is 0.490 e. The minimum absolute atomic E-state index is 0.0215. The first-order valence-corrected chi connectivity index (χ1v) is 9.58. The van der Waals surface area contributed by atoms with Crippen LogP contribution in [0.1, 0.15) is 26.3 Å². The van der Waals surface area contributed by atoms with E-state index in [-0.39, 0.29) is 30.9 Å². The molecule has 3 rings (SSSR count). The number of halogens is 1. The van der Waals surface area contributed by atoms with Crippen molar-refractivity contribution in [2.24, 2.45) is 0 Å². The molecule has 0 amide bonds. The van der Waals surface area contributed by atoms with Crippen molar-refractivity contribution in [3.63, 3.8) is 0 Å². The van der Waals surface area contributed by atoms with Crippen molar-refractivity contribution in [1.82, 2.24) is 0 Å². The van der Waals surface area contributed by atoms with E-state index < -0.39 is 23.5 Å². The SMILES string of the molecule is O=C(O)C(=O)c1ccc(OCCOc2ccccc2COC(=O)c2ccc(F)cc2)cc1. The maximum atomic E-state index is 13.0. The molecule has 0 aliphatic carbocycles. The number of carboxylic acid groups (broad SMARTS) is 1. The molecular formula is C24H19FO7. The highest BCUT2D eigenvalue weighted by molar-refractivity contribution is 6.39. The molecule has 32 heavy (non-hydrogen) atoms. The molecule has 3 aromatic carbocycles. The number of carbonyl (C=O) groups is 3. The summed E-state index contributed by atoms with van der Waals surface area (Å²) < 4.78 is 29.5. The van der Waals surface area contributed by atoms with Crippen LogP contribution in [0.15, 0.2) is 72.8 Å². The summed E-state index contributed by atoms with van der Waals surface area (Å²) in [5, 5.41) is 8.71. The van der Waals surface area contributed by atoms with Crippen molar-refractivity contribution in [2.75, 3.05) is 13.2 Å². The van der Waals surface area contributed by atoms with E-state index in [1.165, 1.54) is 48.5 Å². The molecule has 0 saturated heterocycles. The Morgan fingerprint density at radius 3 is 2.09 bits per heavy atom. The Kier molecular flexibility index (Phi) is 7.53. The van der Waals surface area contributed by atoms with Crippen LogP contribution >= 0.6 is 0 Å². The second-order valence-electron chi connectivity index (χ2n) is 6.55. The molecule has 0 heterocycles. The van der Waals surface area contributed by atoms with Gasteiger partial charge in [-0.1, -0.05) is 18.2 Å². The molecule has 3 aromatic rings. The van der Waals surface area contributed by atoms with Gasteiger partial charge in [-0.25, -0.2) is 14.0 Å². The molecule has 0 bridgehead atoms. The van der Waals surface area contributed by atoms with E-state index in [1.807, 2.05) is 0 Å². The maximum Gasteiger partial charge on any atom is 0.377 e. The Morgan fingerprint density at radius 2 is 1.41 bits per heavy atom. The fraction of sp³-hybridized carbons (Fsp3) is 0.125. The summed E-state index contributed by atoms with van der Waals surface area (Å²) in [4.78, 5) is 34.2. The normalized spacial score (nSPS) is 10.3. The van der Waals surface area contributed by atoms with E-state index in [4.69, 9.17) is 19.3 Å². The number of benzene rings is 3. The summed E-state index contributed by atoms with van der Waals surface area (Å²) in [7, 11) is 0. The predicted octanol–water partition coefficient (Wildman–Crippen LogP) is 3.91. The first-order valence-electron chi connectivity index (χ1n) is 9.58. The molecular weight excluding hydrogens is 419 g/mol. The van der Waals surface area contributed by atoms with Crippen LogP contribution in [0.5, 0.6) is 11.5 Å². The first kappa shape index (κ1) is 22.5. The standard InChI is InChI=1S/C24H19FO7/c25-19-9-5-17(6-10-19)24(29)32-15-18-3-1-2-4-21(18)31-14-13-30-20-11-7-16(8-12-20)22(26)23(27)28/h1-12H,13-15H2,(H,27,28). The summed E-state index contributed by atoms with van der Waals surface area (Å²) >= 11 is 0. The average molecular weight is 438 g/mol. The van der Waals surface area contributed by atoms with Gasteiger partial charge in [0.2, 0.25) is 0 Å². The van der Waals surface area contributed by atoms with Crippen molar-refractivity contribution in [3.8, 4) is 11.5 Å². The van der Waals surface area contributed by atoms with Crippen LogP contribution < -0.4 is 9.47 Å². The fourth-order valence-corrected chi connectivity index (χ4v) is 2.71. The second kappa shape index (κ2) is 10.7. The van der Waals surface area contributed by atoms with Gasteiger partial charge in [0.25, 0.3) is 5.78 Å². The number of carboxylic acids is 1. The zero-order valence-electron chi connectivity index (χ0n) is 16.8. The van der Waals surface area contributed by atoms with Crippen molar-refractivity contribution in [1.29, 1.82) is 0 Å². The molecule has 0 aliphatic rings. The van der Waals surface area contributed by atoms with Crippen molar-refractivity contribution >= 4 is 17.7 Å². The van der Waals surface area contributed by atoms with Gasteiger partial charge in [0, 0.05) is 11.1 Å². The Morgan fingerprint density at radius 1 is 0.781 bits per heavy atom. The molecule has 8 heteroatoms. The van der Waals surface area contributed by atoms with E-state index in [0.29, 0.717) is 17.1 Å². The van der Waals surface area contributed by atoms with Gasteiger partial charge in [0.15, 0.2) is 0 Å². The number of ether oxygens (including phenoxy) is 3. The van der Waals surface area contributed by atoms with E-state index in [0.717, 1.165) is 0 Å². The van der Waals surface area contributed by atoms with Crippen LogP contribution in [-0.4, -0.2) is 36.0 Å². The lowest BCUT2D eigenvalue weighted by Gasteiger charge is -2.13. The highest BCUT2D eigenvalue weighted by Crippen LogP contribution is 2.20. The van der Waals surface area contributed by atoms with Crippen molar-refractivity contribution < 1.29 is 38.1 Å². The zero-order valence-corrected chi connectivity index (χ0v) is 16.8. The third kappa shape index (κ3) is 6.15. The fourth-order valence-electron chi connectivity index (χ4n) is 2.71. The highest BCUT2D eigenvalue weighted by atomic mass is 19.1. The summed E-state index contributed by atoms with van der Waals surface area (Å²) in [5.41, 5.74) is 0.957. The molecule has 0 aromatic heterocycles. The zero-order chi connectivity index (χ0) is 22.9. The predicted molar refractivity (Wildman–Crippen MR) is 111 cm³/mol. The van der Waals surface area contributed by atoms with E-state index in [1.54, 1.807) is 24.3 Å². The lowest BCUT2D eigenvalue weighted by Crippen LogP contribution is -2.13. The molecule has 0 spiro atoms. The highest BCUT2D eigenvalue weighted by Gasteiger charge is 2.14. The van der Waals surface area contributed by atoms with Gasteiger partial charge in [-0.3, -0.25) is 4.79 Å². The van der Waals surface area contributed by atoms with Crippen LogP contribution in [0.4, 0.5) is 4.39 Å². The first-order chi connectivity index (χ1) is 15.4. The molecule has 0 fully saturated rings. The van der Waals surface area contributed by atoms with Crippen LogP contribution in [0.25, 0.3) is 0 Å². The maximum absolute atomic E-state index is 13.0. The van der Waals surface area contributed by atoms with Gasteiger partial charge in [-0.05, 0) is 54.6 Å². The minimum Gasteiger partial charge on any atom is -0.490 e.